The first-order chi connectivity index (χ1) is 9.20. The van der Waals surface area contributed by atoms with Gasteiger partial charge in [-0.05, 0) is 37.0 Å². The van der Waals surface area contributed by atoms with Crippen molar-refractivity contribution in [2.75, 3.05) is 35.7 Å². The average molecular weight is 283 g/mol. The Morgan fingerprint density at radius 2 is 1.89 bits per heavy atom. The van der Waals surface area contributed by atoms with Crippen molar-refractivity contribution in [1.82, 2.24) is 0 Å². The molecule has 0 aromatic heterocycles. The Morgan fingerprint density at radius 3 is 2.42 bits per heavy atom. The lowest BCUT2D eigenvalue weighted by Gasteiger charge is -2.11. The van der Waals surface area contributed by atoms with Crippen molar-refractivity contribution in [3.63, 3.8) is 0 Å². The second kappa shape index (κ2) is 8.63. The van der Waals surface area contributed by atoms with Crippen LogP contribution in [0.2, 0.25) is 0 Å². The Bertz CT molecular complexity index is 413. The maximum absolute atomic E-state index is 11.2. The zero-order valence-electron chi connectivity index (χ0n) is 11.4. The van der Waals surface area contributed by atoms with E-state index < -0.39 is 0 Å². The van der Waals surface area contributed by atoms with E-state index in [0.29, 0.717) is 11.4 Å². The molecule has 0 amide bonds. The van der Waals surface area contributed by atoms with Crippen LogP contribution >= 0.6 is 11.8 Å². The third-order valence-electron chi connectivity index (χ3n) is 2.62. The van der Waals surface area contributed by atoms with Crippen LogP contribution in [0.5, 0.6) is 0 Å². The SMILES string of the molecule is CCCNc1cccc(NCCCSC)c1[N+](=O)[O-]. The van der Waals surface area contributed by atoms with Crippen LogP contribution in [0, 0.1) is 10.1 Å². The van der Waals surface area contributed by atoms with Gasteiger partial charge in [0.2, 0.25) is 0 Å². The van der Waals surface area contributed by atoms with E-state index in [0.717, 1.165) is 31.7 Å². The molecular formula is C13H21N3O2S. The zero-order valence-corrected chi connectivity index (χ0v) is 12.3. The van der Waals surface area contributed by atoms with Gasteiger partial charge < -0.3 is 10.6 Å². The van der Waals surface area contributed by atoms with E-state index in [9.17, 15) is 10.1 Å². The Morgan fingerprint density at radius 1 is 1.26 bits per heavy atom. The minimum Gasteiger partial charge on any atom is -0.379 e. The van der Waals surface area contributed by atoms with Gasteiger partial charge in [0.25, 0.3) is 0 Å². The molecule has 1 aromatic carbocycles. The molecule has 0 radical (unpaired) electrons. The highest BCUT2D eigenvalue weighted by Gasteiger charge is 2.18. The Labute approximate surface area is 118 Å². The molecule has 1 aromatic rings. The Kier molecular flexibility index (Phi) is 7.10. The number of nitrogens with zero attached hydrogens (tertiary/aromatic N) is 1. The van der Waals surface area contributed by atoms with Gasteiger partial charge >= 0.3 is 5.69 Å². The molecule has 0 aliphatic carbocycles. The predicted octanol–water partition coefficient (Wildman–Crippen LogP) is 3.58. The van der Waals surface area contributed by atoms with Gasteiger partial charge in [-0.15, -0.1) is 0 Å². The summed E-state index contributed by atoms with van der Waals surface area (Å²) in [5, 5.41) is 17.5. The third kappa shape index (κ3) is 4.98. The smallest absolute Gasteiger partial charge is 0.315 e. The van der Waals surface area contributed by atoms with Crippen LogP contribution in [0.25, 0.3) is 0 Å². The van der Waals surface area contributed by atoms with Gasteiger partial charge in [-0.2, -0.15) is 11.8 Å². The summed E-state index contributed by atoms with van der Waals surface area (Å²) >= 11 is 1.78. The highest BCUT2D eigenvalue weighted by Crippen LogP contribution is 2.32. The molecule has 0 unspecified atom stereocenters. The molecule has 0 fully saturated rings. The minimum atomic E-state index is -0.325. The van der Waals surface area contributed by atoms with Crippen LogP contribution in [0.1, 0.15) is 19.8 Å². The summed E-state index contributed by atoms with van der Waals surface area (Å²) in [6, 6.07) is 5.34. The van der Waals surface area contributed by atoms with Crippen molar-refractivity contribution in [3.05, 3.63) is 28.3 Å². The topological polar surface area (TPSA) is 67.2 Å². The van der Waals surface area contributed by atoms with Crippen molar-refractivity contribution in [2.45, 2.75) is 19.8 Å². The van der Waals surface area contributed by atoms with Crippen molar-refractivity contribution >= 4 is 28.8 Å². The number of nitro benzene ring substituents is 1. The van der Waals surface area contributed by atoms with Crippen molar-refractivity contribution in [3.8, 4) is 0 Å². The van der Waals surface area contributed by atoms with Crippen LogP contribution in [0.3, 0.4) is 0 Å². The number of benzene rings is 1. The highest BCUT2D eigenvalue weighted by molar-refractivity contribution is 7.98. The predicted molar refractivity (Wildman–Crippen MR) is 83.4 cm³/mol. The minimum absolute atomic E-state index is 0.139. The van der Waals surface area contributed by atoms with Gasteiger partial charge in [-0.3, -0.25) is 10.1 Å². The molecule has 106 valence electrons. The lowest BCUT2D eigenvalue weighted by atomic mass is 10.2. The number of thioether (sulfide) groups is 1. The molecular weight excluding hydrogens is 262 g/mol. The summed E-state index contributed by atoms with van der Waals surface area (Å²) in [7, 11) is 0. The number of nitro groups is 1. The van der Waals surface area contributed by atoms with E-state index >= 15 is 0 Å². The van der Waals surface area contributed by atoms with Gasteiger partial charge in [0.1, 0.15) is 11.4 Å². The van der Waals surface area contributed by atoms with E-state index in [2.05, 4.69) is 16.9 Å². The van der Waals surface area contributed by atoms with Crippen molar-refractivity contribution in [2.24, 2.45) is 0 Å². The van der Waals surface area contributed by atoms with E-state index in [4.69, 9.17) is 0 Å². The Hall–Kier alpha value is -1.43. The molecule has 0 heterocycles. The first-order valence-corrected chi connectivity index (χ1v) is 7.84. The lowest BCUT2D eigenvalue weighted by Crippen LogP contribution is -2.08. The lowest BCUT2D eigenvalue weighted by molar-refractivity contribution is -0.383. The third-order valence-corrected chi connectivity index (χ3v) is 3.32. The average Bonchev–Trinajstić information content (AvgIpc) is 2.41. The largest absolute Gasteiger partial charge is 0.379 e. The summed E-state index contributed by atoms with van der Waals surface area (Å²) in [6.07, 6.45) is 3.98. The van der Waals surface area contributed by atoms with Gasteiger partial charge in [0.05, 0.1) is 4.92 Å². The van der Waals surface area contributed by atoms with Crippen LogP contribution in [0.4, 0.5) is 17.1 Å². The monoisotopic (exact) mass is 283 g/mol. The zero-order chi connectivity index (χ0) is 14.1. The maximum Gasteiger partial charge on any atom is 0.315 e. The molecule has 0 aliphatic heterocycles. The summed E-state index contributed by atoms with van der Waals surface area (Å²) in [4.78, 5) is 10.9. The number of rotatable bonds is 9. The fourth-order valence-electron chi connectivity index (χ4n) is 1.72. The van der Waals surface area contributed by atoms with Gasteiger partial charge in [-0.1, -0.05) is 13.0 Å². The normalized spacial score (nSPS) is 10.2. The number of hydrogen-bond acceptors (Lipinski definition) is 5. The number of anilines is 2. The molecule has 1 rings (SSSR count). The molecule has 0 aliphatic rings. The molecule has 0 spiro atoms. The molecule has 19 heavy (non-hydrogen) atoms. The summed E-state index contributed by atoms with van der Waals surface area (Å²) < 4.78 is 0. The number of nitrogens with one attached hydrogen (secondary N) is 2. The van der Waals surface area contributed by atoms with E-state index in [1.807, 2.05) is 13.0 Å². The highest BCUT2D eigenvalue weighted by atomic mass is 32.2. The molecule has 5 nitrogen and oxygen atoms in total. The van der Waals surface area contributed by atoms with Gasteiger partial charge in [-0.25, -0.2) is 0 Å². The van der Waals surface area contributed by atoms with E-state index in [-0.39, 0.29) is 10.6 Å². The summed E-state index contributed by atoms with van der Waals surface area (Å²) in [5.74, 6) is 1.05. The second-order valence-electron chi connectivity index (χ2n) is 4.16. The van der Waals surface area contributed by atoms with Gasteiger partial charge in [0.15, 0.2) is 0 Å². The number of para-hydroxylation sites is 1. The second-order valence-corrected chi connectivity index (χ2v) is 5.14. The quantitative estimate of drug-likeness (QED) is 0.412. The fraction of sp³-hybridized carbons (Fsp3) is 0.538. The molecule has 0 bridgehead atoms. The van der Waals surface area contributed by atoms with Crippen LogP contribution in [0.15, 0.2) is 18.2 Å². The fourth-order valence-corrected chi connectivity index (χ4v) is 2.16. The van der Waals surface area contributed by atoms with E-state index in [1.54, 1.807) is 23.9 Å². The van der Waals surface area contributed by atoms with Crippen molar-refractivity contribution < 1.29 is 4.92 Å². The van der Waals surface area contributed by atoms with Crippen LogP contribution in [-0.2, 0) is 0 Å². The summed E-state index contributed by atoms with van der Waals surface area (Å²) in [5.41, 5.74) is 1.31. The molecule has 0 atom stereocenters. The first-order valence-electron chi connectivity index (χ1n) is 6.44. The molecule has 0 saturated carbocycles. The van der Waals surface area contributed by atoms with Crippen LogP contribution < -0.4 is 10.6 Å². The van der Waals surface area contributed by atoms with E-state index in [1.165, 1.54) is 0 Å². The molecule has 2 N–H and O–H groups in total. The molecule has 0 saturated heterocycles. The van der Waals surface area contributed by atoms with Crippen LogP contribution in [-0.4, -0.2) is 30.0 Å². The molecule has 6 heteroatoms. The first kappa shape index (κ1) is 15.6. The maximum atomic E-state index is 11.2. The Balaban J connectivity index is 2.80. The standard InChI is InChI=1S/C13H21N3O2S/c1-3-8-14-11-6-4-7-12(13(11)16(17)18)15-9-5-10-19-2/h4,6-7,14-15H,3,5,8-10H2,1-2H3. The van der Waals surface area contributed by atoms with Crippen molar-refractivity contribution in [1.29, 1.82) is 0 Å². The summed E-state index contributed by atoms with van der Waals surface area (Å²) in [6.45, 7) is 3.51. The van der Waals surface area contributed by atoms with Gasteiger partial charge in [0, 0.05) is 13.1 Å². The number of hydrogen-bond donors (Lipinski definition) is 2.